The van der Waals surface area contributed by atoms with Gasteiger partial charge in [-0.05, 0) is 60.6 Å². The Morgan fingerprint density at radius 1 is 1.53 bits per heavy atom. The Labute approximate surface area is 107 Å². The second kappa shape index (κ2) is 5.08. The quantitative estimate of drug-likeness (QED) is 0.860. The van der Waals surface area contributed by atoms with Crippen molar-refractivity contribution in [1.29, 1.82) is 4.78 Å². The molecule has 0 aromatic carbocycles. The van der Waals surface area contributed by atoms with E-state index in [-0.39, 0.29) is 10.8 Å². The van der Waals surface area contributed by atoms with Gasteiger partial charge in [-0.1, -0.05) is 0 Å². The van der Waals surface area contributed by atoms with E-state index in [1.54, 1.807) is 11.3 Å². The maximum Gasteiger partial charge on any atom is 0.0495 e. The van der Waals surface area contributed by atoms with Gasteiger partial charge < -0.3 is 0 Å². The van der Waals surface area contributed by atoms with Gasteiger partial charge >= 0.3 is 0 Å². The second-order valence-electron chi connectivity index (χ2n) is 4.43. The first kappa shape index (κ1) is 13.4. The lowest BCUT2D eigenvalue weighted by Gasteiger charge is -2.24. The van der Waals surface area contributed by atoms with Crippen LogP contribution < -0.4 is 4.72 Å². The molecule has 0 fully saturated rings. The molecule has 1 rings (SSSR count). The van der Waals surface area contributed by atoms with Crippen LogP contribution >= 0.6 is 27.3 Å². The van der Waals surface area contributed by atoms with Gasteiger partial charge in [0.25, 0.3) is 0 Å². The fourth-order valence-electron chi connectivity index (χ4n) is 0.967. The molecule has 0 saturated carbocycles. The third kappa shape index (κ3) is 3.98. The number of halogens is 1. The zero-order chi connectivity index (χ0) is 11.6. The molecule has 1 aromatic heterocycles. The molecular weight excluding hydrogens is 292 g/mol. The zero-order valence-corrected chi connectivity index (χ0v) is 12.6. The average Bonchev–Trinajstić information content (AvgIpc) is 2.50. The lowest BCUT2D eigenvalue weighted by Crippen LogP contribution is -2.33. The van der Waals surface area contributed by atoms with E-state index < -0.39 is 10.9 Å². The molecule has 86 valence electrons. The monoisotopic (exact) mass is 308 g/mol. The summed E-state index contributed by atoms with van der Waals surface area (Å²) in [5.41, 5.74) is 0. The van der Waals surface area contributed by atoms with E-state index in [1.807, 2.05) is 0 Å². The lowest BCUT2D eigenvalue weighted by molar-refractivity contribution is 0.721. The van der Waals surface area contributed by atoms with Crippen LogP contribution in [0.1, 0.15) is 38.6 Å². The van der Waals surface area contributed by atoms with Crippen molar-refractivity contribution in [3.8, 4) is 0 Å². The summed E-state index contributed by atoms with van der Waals surface area (Å²) in [7, 11) is -0.517. The van der Waals surface area contributed by atoms with Gasteiger partial charge in [0.05, 0.1) is 0 Å². The van der Waals surface area contributed by atoms with E-state index >= 15 is 0 Å². The summed E-state index contributed by atoms with van der Waals surface area (Å²) in [6.07, 6.45) is 0. The number of rotatable bonds is 3. The molecule has 2 nitrogen and oxygen atoms in total. The minimum atomic E-state index is -0.517. The Hall–Kier alpha value is 0.290. The Morgan fingerprint density at radius 2 is 2.13 bits per heavy atom. The van der Waals surface area contributed by atoms with E-state index in [0.717, 1.165) is 4.47 Å². The standard InChI is InChI=1S/C10H17BrN2S2/c1-7(9-5-8(11)6-14-9)13-15(12)10(2,3)4/h5-7H,1-4H3,(H2,12,13)/t7-,15?/m1/s1. The third-order valence-corrected chi connectivity index (χ3v) is 5.61. The molecule has 5 heteroatoms. The number of nitrogens with one attached hydrogen (secondary N) is 2. The molecule has 0 aliphatic heterocycles. The maximum atomic E-state index is 8.02. The van der Waals surface area contributed by atoms with Crippen LogP contribution in [0.25, 0.3) is 0 Å². The van der Waals surface area contributed by atoms with Gasteiger partial charge in [0, 0.05) is 25.5 Å². The van der Waals surface area contributed by atoms with Crippen molar-refractivity contribution in [3.63, 3.8) is 0 Å². The van der Waals surface area contributed by atoms with Crippen LogP contribution in [0.2, 0.25) is 0 Å². The van der Waals surface area contributed by atoms with Crippen LogP contribution in [-0.4, -0.2) is 4.75 Å². The first-order valence-corrected chi connectivity index (χ1v) is 7.66. The predicted octanol–water partition coefficient (Wildman–Crippen LogP) is 4.26. The zero-order valence-electron chi connectivity index (χ0n) is 9.43. The summed E-state index contributed by atoms with van der Waals surface area (Å²) < 4.78 is 12.5. The highest BCUT2D eigenvalue weighted by Crippen LogP contribution is 2.26. The molecule has 1 heterocycles. The van der Waals surface area contributed by atoms with E-state index in [9.17, 15) is 0 Å². The summed E-state index contributed by atoms with van der Waals surface area (Å²) in [6, 6.07) is 2.36. The van der Waals surface area contributed by atoms with Crippen molar-refractivity contribution < 1.29 is 0 Å². The van der Waals surface area contributed by atoms with Crippen molar-refractivity contribution in [3.05, 3.63) is 20.8 Å². The molecule has 0 amide bonds. The Morgan fingerprint density at radius 3 is 2.53 bits per heavy atom. The fraction of sp³-hybridized carbons (Fsp3) is 0.600. The number of thiophene rings is 1. The molecule has 0 radical (unpaired) electrons. The van der Waals surface area contributed by atoms with E-state index in [1.165, 1.54) is 4.88 Å². The van der Waals surface area contributed by atoms with Crippen molar-refractivity contribution in [1.82, 2.24) is 4.72 Å². The largest absolute Gasteiger partial charge is 0.265 e. The van der Waals surface area contributed by atoms with E-state index in [2.05, 4.69) is 59.8 Å². The highest BCUT2D eigenvalue weighted by Gasteiger charge is 2.18. The topological polar surface area (TPSA) is 35.9 Å². The summed E-state index contributed by atoms with van der Waals surface area (Å²) in [5.74, 6) is 0. The van der Waals surface area contributed by atoms with Crippen molar-refractivity contribution in [2.24, 2.45) is 0 Å². The molecule has 15 heavy (non-hydrogen) atoms. The Kier molecular flexibility index (Phi) is 4.52. The lowest BCUT2D eigenvalue weighted by atomic mass is 10.3. The highest BCUT2D eigenvalue weighted by atomic mass is 79.9. The van der Waals surface area contributed by atoms with E-state index in [4.69, 9.17) is 4.78 Å². The van der Waals surface area contributed by atoms with Gasteiger partial charge in [-0.3, -0.25) is 4.78 Å². The number of hydrogen-bond donors (Lipinski definition) is 2. The van der Waals surface area contributed by atoms with Crippen LogP contribution in [0, 0.1) is 4.78 Å². The predicted molar refractivity (Wildman–Crippen MR) is 73.4 cm³/mol. The smallest absolute Gasteiger partial charge is 0.0495 e. The molecule has 0 saturated heterocycles. The normalized spacial score (nSPS) is 16.3. The van der Waals surface area contributed by atoms with Gasteiger partial charge in [-0.25, -0.2) is 4.72 Å². The van der Waals surface area contributed by atoms with E-state index in [0.29, 0.717) is 0 Å². The second-order valence-corrected chi connectivity index (χ2v) is 8.36. The van der Waals surface area contributed by atoms with Gasteiger partial charge in [-0.2, -0.15) is 0 Å². The summed E-state index contributed by atoms with van der Waals surface area (Å²) in [4.78, 5) is 1.27. The SMILES string of the molecule is C[C@@H](NS(=N)C(C)(C)C)c1cc(Br)cs1. The number of hydrogen-bond acceptors (Lipinski definition) is 2. The molecular formula is C10H17BrN2S2. The van der Waals surface area contributed by atoms with Gasteiger partial charge in [0.2, 0.25) is 0 Å². The molecule has 1 aromatic rings. The van der Waals surface area contributed by atoms with Gasteiger partial charge in [-0.15, -0.1) is 11.3 Å². The minimum absolute atomic E-state index is 0.00273. The van der Waals surface area contributed by atoms with Crippen LogP contribution in [0.5, 0.6) is 0 Å². The molecule has 0 aliphatic carbocycles. The van der Waals surface area contributed by atoms with Crippen LogP contribution in [0.3, 0.4) is 0 Å². The average molecular weight is 309 g/mol. The van der Waals surface area contributed by atoms with Crippen LogP contribution in [-0.2, 0) is 10.9 Å². The first-order chi connectivity index (χ1) is 6.80. The maximum absolute atomic E-state index is 8.02. The Bertz CT molecular complexity index is 355. The van der Waals surface area contributed by atoms with Crippen molar-refractivity contribution >= 4 is 38.1 Å². The molecule has 2 atom stereocenters. The van der Waals surface area contributed by atoms with Crippen molar-refractivity contribution in [2.45, 2.75) is 38.5 Å². The first-order valence-electron chi connectivity index (χ1n) is 4.76. The summed E-state index contributed by atoms with van der Waals surface area (Å²) in [5, 5.41) is 2.08. The highest BCUT2D eigenvalue weighted by molar-refractivity contribution is 9.10. The van der Waals surface area contributed by atoms with Crippen LogP contribution in [0.15, 0.2) is 15.9 Å². The summed E-state index contributed by atoms with van der Waals surface area (Å²) >= 11 is 5.17. The van der Waals surface area contributed by atoms with Gasteiger partial charge in [0.15, 0.2) is 0 Å². The molecule has 0 aliphatic rings. The molecule has 1 unspecified atom stereocenters. The molecule has 0 spiro atoms. The fourth-order valence-corrected chi connectivity index (χ4v) is 3.33. The minimum Gasteiger partial charge on any atom is -0.265 e. The summed E-state index contributed by atoms with van der Waals surface area (Å²) in [6.45, 7) is 8.38. The molecule has 0 bridgehead atoms. The van der Waals surface area contributed by atoms with Crippen LogP contribution in [0.4, 0.5) is 0 Å². The van der Waals surface area contributed by atoms with Crippen molar-refractivity contribution in [2.75, 3.05) is 0 Å². The molecule has 2 N–H and O–H groups in total. The van der Waals surface area contributed by atoms with Gasteiger partial charge in [0.1, 0.15) is 0 Å². The third-order valence-electron chi connectivity index (χ3n) is 1.92. The Balaban J connectivity index is 2.64.